The average molecular weight is 594 g/mol. The second-order valence-corrected chi connectivity index (χ2v) is 10.7. The lowest BCUT2D eigenvalue weighted by Gasteiger charge is -2.49. The van der Waals surface area contributed by atoms with Gasteiger partial charge in [-0.25, -0.2) is 14.5 Å². The maximum Gasteiger partial charge on any atom is 0.352 e. The van der Waals surface area contributed by atoms with Gasteiger partial charge in [0, 0.05) is 16.9 Å². The van der Waals surface area contributed by atoms with Gasteiger partial charge in [0.15, 0.2) is 17.5 Å². The number of tetrazole rings is 1. The number of amides is 2. The van der Waals surface area contributed by atoms with Crippen LogP contribution in [0.2, 0.25) is 0 Å². The molecule has 0 spiro atoms. The molecule has 0 saturated carbocycles. The summed E-state index contributed by atoms with van der Waals surface area (Å²) in [6, 6.07) is -1.02. The van der Waals surface area contributed by atoms with Gasteiger partial charge in [0.2, 0.25) is 5.16 Å². The first kappa shape index (κ1) is 27.9. The summed E-state index contributed by atoms with van der Waals surface area (Å²) in [5.41, 5.74) is 5.80. The molecule has 19 heteroatoms. The molecule has 2 aromatic rings. The first-order valence-corrected chi connectivity index (χ1v) is 13.8. The summed E-state index contributed by atoms with van der Waals surface area (Å²) >= 11 is 3.47. The topological polar surface area (TPSA) is 228 Å². The number of thiazole rings is 1. The monoisotopic (exact) mass is 593 g/mol. The number of carbonyl (C=O) groups is 4. The number of nitrogens with two attached hydrogens (primary N) is 1. The first-order valence-electron chi connectivity index (χ1n) is 10.9. The minimum absolute atomic E-state index is 0.0465. The highest BCUT2D eigenvalue weighted by Gasteiger charge is 2.54. The highest BCUT2D eigenvalue weighted by Crippen LogP contribution is 2.41. The summed E-state index contributed by atoms with van der Waals surface area (Å²) in [4.78, 5) is 59.1. The lowest BCUT2D eigenvalue weighted by atomic mass is 10.0. The number of carboxylic acid groups (broad SMARTS) is 2. The Morgan fingerprint density at radius 2 is 2.18 bits per heavy atom. The number of thioether (sulfide) groups is 2. The second kappa shape index (κ2) is 12.1. The number of nitrogens with one attached hydrogen (secondary N) is 1. The van der Waals surface area contributed by atoms with E-state index in [2.05, 4.69) is 36.9 Å². The maximum atomic E-state index is 13.0. The summed E-state index contributed by atoms with van der Waals surface area (Å²) in [5, 5.41) is 37.5. The Hall–Kier alpha value is -4.15. The van der Waals surface area contributed by atoms with Crippen LogP contribution in [0.25, 0.3) is 0 Å². The van der Waals surface area contributed by atoms with E-state index in [4.69, 9.17) is 22.1 Å². The summed E-state index contributed by atoms with van der Waals surface area (Å²) < 4.78 is 1.31. The van der Waals surface area contributed by atoms with Crippen LogP contribution in [0.15, 0.2) is 27.0 Å². The van der Waals surface area contributed by atoms with E-state index in [1.165, 1.54) is 21.8 Å². The molecule has 4 rings (SSSR count). The molecule has 2 amide bonds. The van der Waals surface area contributed by atoms with Crippen molar-refractivity contribution in [2.45, 2.75) is 29.5 Å². The second-order valence-electron chi connectivity index (χ2n) is 7.72. The molecule has 4 heterocycles. The van der Waals surface area contributed by atoms with E-state index in [-0.39, 0.29) is 53.3 Å². The molecule has 16 nitrogen and oxygen atoms in total. The highest BCUT2D eigenvalue weighted by molar-refractivity contribution is 8.01. The number of carbonyl (C=O) groups excluding carboxylic acids is 2. The number of β-lactam (4-membered cyclic amide) rings is 1. The number of nitrogens with zero attached hydrogens (tertiary/aromatic N) is 7. The van der Waals surface area contributed by atoms with Crippen molar-refractivity contribution in [3.8, 4) is 12.3 Å². The van der Waals surface area contributed by atoms with Gasteiger partial charge in [-0.05, 0) is 16.0 Å². The van der Waals surface area contributed by atoms with E-state index >= 15 is 0 Å². The van der Waals surface area contributed by atoms with E-state index in [1.54, 1.807) is 0 Å². The molecule has 0 radical (unpaired) electrons. The fourth-order valence-electron chi connectivity index (χ4n) is 3.53. The zero-order chi connectivity index (χ0) is 28.1. The summed E-state index contributed by atoms with van der Waals surface area (Å²) in [5.74, 6) is -1.10. The Morgan fingerprint density at radius 3 is 2.85 bits per heavy atom. The van der Waals surface area contributed by atoms with Gasteiger partial charge in [0.05, 0.1) is 13.0 Å². The van der Waals surface area contributed by atoms with Crippen molar-refractivity contribution in [2.75, 3.05) is 23.8 Å². The third kappa shape index (κ3) is 6.13. The number of rotatable bonds is 12. The number of aryl methyl sites for hydroxylation is 1. The van der Waals surface area contributed by atoms with Crippen LogP contribution in [-0.4, -0.2) is 99.3 Å². The van der Waals surface area contributed by atoms with Crippen molar-refractivity contribution in [2.24, 2.45) is 5.16 Å². The van der Waals surface area contributed by atoms with Gasteiger partial charge in [-0.15, -0.1) is 34.6 Å². The zero-order valence-electron chi connectivity index (χ0n) is 19.7. The number of anilines is 1. The third-order valence-corrected chi connectivity index (χ3v) is 8.29. The number of aliphatic carboxylic acids is 2. The molecule has 2 atom stereocenters. The highest BCUT2D eigenvalue weighted by atomic mass is 32.2. The van der Waals surface area contributed by atoms with Crippen molar-refractivity contribution in [3.05, 3.63) is 22.3 Å². The lowest BCUT2D eigenvalue weighted by molar-refractivity contribution is -0.150. The molecule has 204 valence electrons. The third-order valence-electron chi connectivity index (χ3n) is 5.23. The molecular weight excluding hydrogens is 574 g/mol. The van der Waals surface area contributed by atoms with Gasteiger partial charge < -0.3 is 26.1 Å². The number of terminal acetylenes is 1. The number of nitrogen functional groups attached to an aromatic ring is 1. The van der Waals surface area contributed by atoms with Crippen LogP contribution >= 0.6 is 34.9 Å². The van der Waals surface area contributed by atoms with Gasteiger partial charge in [0.25, 0.3) is 11.8 Å². The number of fused-ring (bicyclic) bond motifs is 1. The molecule has 0 aromatic carbocycles. The van der Waals surface area contributed by atoms with E-state index in [1.807, 2.05) is 0 Å². The van der Waals surface area contributed by atoms with Gasteiger partial charge >= 0.3 is 11.9 Å². The van der Waals surface area contributed by atoms with Crippen molar-refractivity contribution < 1.29 is 34.2 Å². The fourth-order valence-corrected chi connectivity index (χ4v) is 6.47. The number of aromatic nitrogens is 5. The van der Waals surface area contributed by atoms with Crippen molar-refractivity contribution >= 4 is 69.5 Å². The Labute approximate surface area is 232 Å². The number of hydrogen-bond donors (Lipinski definition) is 4. The molecule has 0 bridgehead atoms. The smallest absolute Gasteiger partial charge is 0.352 e. The van der Waals surface area contributed by atoms with Gasteiger partial charge in [-0.2, -0.15) is 0 Å². The molecule has 5 N–H and O–H groups in total. The Kier molecular flexibility index (Phi) is 8.68. The molecule has 2 aliphatic rings. The molecule has 2 aromatic heterocycles. The largest absolute Gasteiger partial charge is 0.481 e. The SMILES string of the molecule is C#CCON=C(C(=O)NC1C(=O)N2C(C(=O)O)=C(CSc3nnnn3CCC(=O)O)CS[C@H]12)c1csc(N)n1. The maximum absolute atomic E-state index is 13.0. The number of oxime groups is 1. The molecule has 0 aliphatic carbocycles. The van der Waals surface area contributed by atoms with E-state index in [0.717, 1.165) is 28.0 Å². The molecule has 1 unspecified atom stereocenters. The van der Waals surface area contributed by atoms with Crippen molar-refractivity contribution in [3.63, 3.8) is 0 Å². The Morgan fingerprint density at radius 1 is 1.38 bits per heavy atom. The molecule has 39 heavy (non-hydrogen) atoms. The lowest BCUT2D eigenvalue weighted by Crippen LogP contribution is -2.71. The number of carboxylic acids is 2. The van der Waals surface area contributed by atoms with Crippen LogP contribution in [0.3, 0.4) is 0 Å². The van der Waals surface area contributed by atoms with Crippen molar-refractivity contribution in [1.82, 2.24) is 35.4 Å². The standard InChI is InChI=1S/C20H19N9O7S3/c1-2-5-36-25-12(10-8-38-19(21)22-10)15(32)23-13-16(33)29-14(18(34)35)9(6-37-17(13)29)7-39-20-24-26-27-28(20)4-3-11(30)31/h1,8,13,17H,3-7H2,(H2,21,22)(H,23,32)(H,30,31)(H,34,35)/t13?,17-/m1/s1. The van der Waals surface area contributed by atoms with Crippen LogP contribution in [0, 0.1) is 12.3 Å². The molecule has 1 fully saturated rings. The summed E-state index contributed by atoms with van der Waals surface area (Å²) in [6.45, 7) is -0.157. The minimum Gasteiger partial charge on any atom is -0.481 e. The Balaban J connectivity index is 1.47. The molecule has 1 saturated heterocycles. The van der Waals surface area contributed by atoms with Crippen LogP contribution < -0.4 is 11.1 Å². The first-order chi connectivity index (χ1) is 18.7. The molecular formula is C20H19N9O7S3. The van der Waals surface area contributed by atoms with Crippen LogP contribution in [0.1, 0.15) is 12.1 Å². The minimum atomic E-state index is -1.30. The predicted octanol–water partition coefficient (Wildman–Crippen LogP) is -0.929. The van der Waals surface area contributed by atoms with E-state index in [0.29, 0.717) is 10.7 Å². The van der Waals surface area contributed by atoms with Crippen LogP contribution in [-0.2, 0) is 30.6 Å². The van der Waals surface area contributed by atoms with Crippen molar-refractivity contribution in [1.29, 1.82) is 0 Å². The van der Waals surface area contributed by atoms with Gasteiger partial charge in [-0.3, -0.25) is 19.3 Å². The quantitative estimate of drug-likeness (QED) is 0.0582. The van der Waals surface area contributed by atoms with E-state index in [9.17, 15) is 24.3 Å². The van der Waals surface area contributed by atoms with Crippen LogP contribution in [0.5, 0.6) is 0 Å². The number of hydrogen-bond acceptors (Lipinski definition) is 14. The molecule has 2 aliphatic heterocycles. The summed E-state index contributed by atoms with van der Waals surface area (Å²) in [6.07, 6.45) is 4.96. The fraction of sp³-hybridized carbons (Fsp3) is 0.350. The van der Waals surface area contributed by atoms with Crippen LogP contribution in [0.4, 0.5) is 5.13 Å². The Bertz CT molecular complexity index is 1410. The average Bonchev–Trinajstić information content (AvgIpc) is 3.54. The van der Waals surface area contributed by atoms with E-state index < -0.39 is 35.2 Å². The van der Waals surface area contributed by atoms with Gasteiger partial charge in [-0.1, -0.05) is 22.8 Å². The zero-order valence-corrected chi connectivity index (χ0v) is 22.2. The summed E-state index contributed by atoms with van der Waals surface area (Å²) in [7, 11) is 0. The van der Waals surface area contributed by atoms with Gasteiger partial charge in [0.1, 0.15) is 22.8 Å². The normalized spacial score (nSPS) is 18.7. The predicted molar refractivity (Wildman–Crippen MR) is 138 cm³/mol.